The van der Waals surface area contributed by atoms with Gasteiger partial charge in [0.2, 0.25) is 0 Å². The number of quaternary nitrogens is 1. The van der Waals surface area contributed by atoms with E-state index in [9.17, 15) is 19.5 Å². The average molecular weight is 668 g/mol. The highest BCUT2D eigenvalue weighted by molar-refractivity contribution is 5.70. The topological polar surface area (TPSA) is 111 Å². The number of ether oxygens (including phenoxy) is 4. The quantitative estimate of drug-likeness (QED) is 0.0237. The van der Waals surface area contributed by atoms with Gasteiger partial charge in [0.25, 0.3) is 0 Å². The van der Waals surface area contributed by atoms with Gasteiger partial charge in [0.05, 0.1) is 40.3 Å². The van der Waals surface area contributed by atoms with Gasteiger partial charge in [-0.3, -0.25) is 9.59 Å². The summed E-state index contributed by atoms with van der Waals surface area (Å²) in [4.78, 5) is 36.6. The van der Waals surface area contributed by atoms with Gasteiger partial charge in [-0.1, -0.05) is 115 Å². The summed E-state index contributed by atoms with van der Waals surface area (Å²) in [5, 5.41) is 11.6. The first-order valence-electron chi connectivity index (χ1n) is 18.5. The third-order valence-corrected chi connectivity index (χ3v) is 7.68. The predicted octanol–water partition coefficient (Wildman–Crippen LogP) is 7.21. The van der Waals surface area contributed by atoms with Crippen molar-refractivity contribution in [2.45, 2.75) is 155 Å². The van der Waals surface area contributed by atoms with Gasteiger partial charge in [0.15, 0.2) is 12.4 Å². The van der Waals surface area contributed by atoms with Gasteiger partial charge in [-0.05, 0) is 38.5 Å². The summed E-state index contributed by atoms with van der Waals surface area (Å²) in [5.41, 5.74) is 0. The molecule has 0 rings (SSSR count). The maximum atomic E-state index is 12.6. The highest BCUT2D eigenvalue weighted by atomic mass is 16.7. The zero-order chi connectivity index (χ0) is 35.0. The molecule has 0 bridgehead atoms. The molecular weight excluding hydrogens is 598 g/mol. The van der Waals surface area contributed by atoms with Crippen LogP contribution in [0.2, 0.25) is 0 Å². The van der Waals surface area contributed by atoms with E-state index in [-0.39, 0.29) is 32.2 Å². The van der Waals surface area contributed by atoms with Crippen LogP contribution in [0.4, 0.5) is 0 Å². The molecule has 0 fully saturated rings. The van der Waals surface area contributed by atoms with Crippen LogP contribution in [0.3, 0.4) is 0 Å². The van der Waals surface area contributed by atoms with E-state index in [2.05, 4.69) is 38.2 Å². The molecule has 0 aliphatic heterocycles. The molecule has 9 heteroatoms. The Morgan fingerprint density at radius 1 is 0.638 bits per heavy atom. The molecule has 0 spiro atoms. The van der Waals surface area contributed by atoms with Crippen LogP contribution < -0.4 is 5.11 Å². The minimum Gasteiger partial charge on any atom is -0.545 e. The molecule has 0 radical (unpaired) electrons. The maximum absolute atomic E-state index is 12.6. The SMILES string of the molecule is CCC/C=C\C/C=C\CCCCCCCC(=O)OC(COC(=O)CCCCCCCCCCC)COC(OCC[N+](C)(C)C)C(=O)[O-]. The summed E-state index contributed by atoms with van der Waals surface area (Å²) >= 11 is 0. The van der Waals surface area contributed by atoms with Crippen molar-refractivity contribution < 1.29 is 42.9 Å². The fourth-order valence-corrected chi connectivity index (χ4v) is 4.75. The largest absolute Gasteiger partial charge is 0.545 e. The van der Waals surface area contributed by atoms with Gasteiger partial charge in [-0.25, -0.2) is 0 Å². The monoisotopic (exact) mass is 668 g/mol. The van der Waals surface area contributed by atoms with Crippen LogP contribution in [0.25, 0.3) is 0 Å². The van der Waals surface area contributed by atoms with Crippen LogP contribution in [0.15, 0.2) is 24.3 Å². The Kier molecular flexibility index (Phi) is 29.6. The molecular formula is C38H69NO8. The second kappa shape index (κ2) is 31.1. The van der Waals surface area contributed by atoms with Crippen molar-refractivity contribution in [3.05, 3.63) is 24.3 Å². The molecule has 2 atom stereocenters. The Morgan fingerprint density at radius 3 is 1.77 bits per heavy atom. The van der Waals surface area contributed by atoms with E-state index in [1.165, 1.54) is 44.9 Å². The Balaban J connectivity index is 4.59. The first-order chi connectivity index (χ1) is 22.6. The summed E-state index contributed by atoms with van der Waals surface area (Å²) in [5.74, 6) is -2.31. The number of allylic oxidation sites excluding steroid dienone is 4. The lowest BCUT2D eigenvalue weighted by Crippen LogP contribution is -2.44. The highest BCUT2D eigenvalue weighted by Gasteiger charge is 2.21. The summed E-state index contributed by atoms with van der Waals surface area (Å²) in [6, 6.07) is 0. The van der Waals surface area contributed by atoms with Crippen molar-refractivity contribution in [1.29, 1.82) is 0 Å². The van der Waals surface area contributed by atoms with E-state index >= 15 is 0 Å². The number of carbonyl (C=O) groups excluding carboxylic acids is 3. The average Bonchev–Trinajstić information content (AvgIpc) is 3.02. The smallest absolute Gasteiger partial charge is 0.306 e. The number of hydrogen-bond donors (Lipinski definition) is 0. The third-order valence-electron chi connectivity index (χ3n) is 7.68. The molecule has 0 N–H and O–H groups in total. The van der Waals surface area contributed by atoms with Crippen LogP contribution in [0, 0.1) is 0 Å². The van der Waals surface area contributed by atoms with Gasteiger partial charge in [0.1, 0.15) is 13.2 Å². The fraction of sp³-hybridized carbons (Fsp3) is 0.816. The molecule has 47 heavy (non-hydrogen) atoms. The van der Waals surface area contributed by atoms with E-state index in [1.807, 2.05) is 21.1 Å². The lowest BCUT2D eigenvalue weighted by molar-refractivity contribution is -0.870. The minimum absolute atomic E-state index is 0.146. The molecule has 0 heterocycles. The second-order valence-corrected chi connectivity index (χ2v) is 13.5. The molecule has 0 aliphatic carbocycles. The number of carbonyl (C=O) groups is 3. The Labute approximate surface area is 287 Å². The van der Waals surface area contributed by atoms with E-state index < -0.39 is 24.3 Å². The number of carboxylic acid groups (broad SMARTS) is 1. The number of aliphatic carboxylic acids is 1. The number of esters is 2. The second-order valence-electron chi connectivity index (χ2n) is 13.5. The summed E-state index contributed by atoms with van der Waals surface area (Å²) in [6.45, 7) is 4.61. The summed E-state index contributed by atoms with van der Waals surface area (Å²) < 4.78 is 22.4. The molecule has 0 aliphatic rings. The molecule has 0 aromatic carbocycles. The van der Waals surface area contributed by atoms with Crippen molar-refractivity contribution in [2.24, 2.45) is 0 Å². The molecule has 9 nitrogen and oxygen atoms in total. The highest BCUT2D eigenvalue weighted by Crippen LogP contribution is 2.13. The van der Waals surface area contributed by atoms with Crippen LogP contribution in [-0.4, -0.2) is 82.3 Å². The Bertz CT molecular complexity index is 836. The maximum Gasteiger partial charge on any atom is 0.306 e. The van der Waals surface area contributed by atoms with E-state index in [0.717, 1.165) is 64.2 Å². The summed E-state index contributed by atoms with van der Waals surface area (Å²) in [6.07, 6.45) is 26.4. The van der Waals surface area contributed by atoms with Gasteiger partial charge in [-0.2, -0.15) is 0 Å². The Hall–Kier alpha value is -2.23. The molecule has 274 valence electrons. The van der Waals surface area contributed by atoms with Gasteiger partial charge in [0, 0.05) is 12.8 Å². The predicted molar refractivity (Wildman–Crippen MR) is 186 cm³/mol. The van der Waals surface area contributed by atoms with E-state index in [4.69, 9.17) is 18.9 Å². The van der Waals surface area contributed by atoms with Crippen molar-refractivity contribution in [3.63, 3.8) is 0 Å². The van der Waals surface area contributed by atoms with Crippen molar-refractivity contribution in [3.8, 4) is 0 Å². The van der Waals surface area contributed by atoms with E-state index in [0.29, 0.717) is 23.9 Å². The number of likely N-dealkylation sites (N-methyl/N-ethyl adjacent to an activating group) is 1. The van der Waals surface area contributed by atoms with Crippen LogP contribution in [-0.2, 0) is 33.3 Å². The van der Waals surface area contributed by atoms with Crippen molar-refractivity contribution in [1.82, 2.24) is 0 Å². The third kappa shape index (κ3) is 32.1. The van der Waals surface area contributed by atoms with E-state index in [1.54, 1.807) is 0 Å². The number of rotatable bonds is 33. The Morgan fingerprint density at radius 2 is 1.19 bits per heavy atom. The normalized spacial score (nSPS) is 13.3. The first kappa shape index (κ1) is 44.8. The molecule has 0 aromatic heterocycles. The number of hydrogen-bond acceptors (Lipinski definition) is 8. The molecule has 0 amide bonds. The number of carboxylic acids is 1. The summed E-state index contributed by atoms with van der Waals surface area (Å²) in [7, 11) is 5.88. The lowest BCUT2D eigenvalue weighted by Gasteiger charge is -2.26. The molecule has 0 saturated heterocycles. The van der Waals surface area contributed by atoms with Crippen LogP contribution in [0.5, 0.6) is 0 Å². The molecule has 0 saturated carbocycles. The van der Waals surface area contributed by atoms with Crippen molar-refractivity contribution >= 4 is 17.9 Å². The molecule has 0 aromatic rings. The standard InChI is InChI=1S/C38H69NO8/c1-6-8-10-12-14-16-17-18-19-21-23-25-27-29-36(41)47-34(33-46-38(37(42)43)44-31-30-39(3,4)5)32-45-35(40)28-26-24-22-20-15-13-11-9-7-2/h10,12,16-17,34,38H,6-9,11,13-15,18-33H2,1-5H3/b12-10-,17-16-. The zero-order valence-electron chi connectivity index (χ0n) is 30.6. The van der Waals surface area contributed by atoms with Crippen molar-refractivity contribution in [2.75, 3.05) is 47.5 Å². The van der Waals surface area contributed by atoms with Gasteiger partial charge >= 0.3 is 11.9 Å². The number of nitrogens with zero attached hydrogens (tertiary/aromatic N) is 1. The first-order valence-corrected chi connectivity index (χ1v) is 18.5. The van der Waals surface area contributed by atoms with Crippen LogP contribution in [0.1, 0.15) is 142 Å². The van der Waals surface area contributed by atoms with Crippen LogP contribution >= 0.6 is 0 Å². The van der Waals surface area contributed by atoms with Gasteiger partial charge < -0.3 is 33.3 Å². The zero-order valence-corrected chi connectivity index (χ0v) is 30.6. The van der Waals surface area contributed by atoms with Gasteiger partial charge in [-0.15, -0.1) is 0 Å². The lowest BCUT2D eigenvalue weighted by atomic mass is 10.1. The fourth-order valence-electron chi connectivity index (χ4n) is 4.75. The minimum atomic E-state index is -1.62. The molecule has 2 unspecified atom stereocenters. The number of unbranched alkanes of at least 4 members (excludes halogenated alkanes) is 14.